The van der Waals surface area contributed by atoms with Crippen LogP contribution in [0.25, 0.3) is 0 Å². The third-order valence-electron chi connectivity index (χ3n) is 2.60. The first kappa shape index (κ1) is 16.0. The maximum Gasteiger partial charge on any atom is 0.408 e. The van der Waals surface area contributed by atoms with Gasteiger partial charge in [0.05, 0.1) is 6.04 Å². The van der Waals surface area contributed by atoms with E-state index in [1.165, 1.54) is 0 Å². The lowest BCUT2D eigenvalue weighted by Crippen LogP contribution is -2.35. The normalized spacial score (nSPS) is 13.5. The molecule has 0 radical (unpaired) electrons. The second-order valence-corrected chi connectivity index (χ2v) is 5.40. The number of amides is 1. The first-order chi connectivity index (χ1) is 9.37. The third-order valence-corrected chi connectivity index (χ3v) is 2.60. The van der Waals surface area contributed by atoms with E-state index in [-0.39, 0.29) is 0 Å². The van der Waals surface area contributed by atoms with E-state index in [4.69, 9.17) is 4.74 Å². The summed E-state index contributed by atoms with van der Waals surface area (Å²) in [5.41, 5.74) is 0.739. The summed E-state index contributed by atoms with van der Waals surface area (Å²) in [4.78, 5) is 23.1. The number of rotatable bonds is 4. The standard InChI is InChI=1S/C16H21NO3/c1-5-12(11-18)14(13-9-7-6-8-10-13)17-15(19)20-16(2,3)4/h5-11,14H,1-4H3,(H,17,19)/b12-5-/t14-/m0/s1. The molecule has 0 spiro atoms. The molecule has 1 N–H and O–H groups in total. The topological polar surface area (TPSA) is 55.4 Å². The van der Waals surface area contributed by atoms with E-state index in [0.717, 1.165) is 11.8 Å². The molecule has 0 bridgehead atoms. The monoisotopic (exact) mass is 275 g/mol. The lowest BCUT2D eigenvalue weighted by Gasteiger charge is -2.24. The smallest absolute Gasteiger partial charge is 0.408 e. The molecule has 0 saturated carbocycles. The summed E-state index contributed by atoms with van der Waals surface area (Å²) in [6, 6.07) is 8.80. The average molecular weight is 275 g/mol. The lowest BCUT2D eigenvalue weighted by molar-refractivity contribution is -0.105. The maximum atomic E-state index is 11.9. The maximum absolute atomic E-state index is 11.9. The van der Waals surface area contributed by atoms with Crippen LogP contribution in [-0.2, 0) is 9.53 Å². The van der Waals surface area contributed by atoms with Crippen LogP contribution in [0.3, 0.4) is 0 Å². The van der Waals surface area contributed by atoms with E-state index in [1.807, 2.05) is 30.3 Å². The Morgan fingerprint density at radius 2 is 1.85 bits per heavy atom. The van der Waals surface area contributed by atoms with Crippen LogP contribution in [0.4, 0.5) is 4.79 Å². The van der Waals surface area contributed by atoms with Gasteiger partial charge in [0.15, 0.2) is 0 Å². The van der Waals surface area contributed by atoms with Gasteiger partial charge in [0.25, 0.3) is 0 Å². The van der Waals surface area contributed by atoms with Crippen LogP contribution in [0.1, 0.15) is 39.3 Å². The van der Waals surface area contributed by atoms with E-state index in [0.29, 0.717) is 5.57 Å². The number of aldehydes is 1. The summed E-state index contributed by atoms with van der Waals surface area (Å²) in [5, 5.41) is 2.73. The van der Waals surface area contributed by atoms with Crippen molar-refractivity contribution in [2.45, 2.75) is 39.3 Å². The van der Waals surface area contributed by atoms with Crippen LogP contribution in [0.5, 0.6) is 0 Å². The number of hydrogen-bond donors (Lipinski definition) is 1. The Morgan fingerprint density at radius 1 is 1.25 bits per heavy atom. The molecule has 0 saturated heterocycles. The van der Waals surface area contributed by atoms with Gasteiger partial charge >= 0.3 is 6.09 Å². The third kappa shape index (κ3) is 4.88. The number of allylic oxidation sites excluding steroid dienone is 1. The summed E-state index contributed by atoms with van der Waals surface area (Å²) < 4.78 is 5.24. The highest BCUT2D eigenvalue weighted by atomic mass is 16.6. The lowest BCUT2D eigenvalue weighted by atomic mass is 9.99. The van der Waals surface area contributed by atoms with Crippen molar-refractivity contribution in [1.29, 1.82) is 0 Å². The molecule has 0 fully saturated rings. The summed E-state index contributed by atoms with van der Waals surface area (Å²) >= 11 is 0. The first-order valence-corrected chi connectivity index (χ1v) is 6.53. The number of benzene rings is 1. The number of carbonyl (C=O) groups excluding carboxylic acids is 2. The zero-order valence-electron chi connectivity index (χ0n) is 12.3. The van der Waals surface area contributed by atoms with Gasteiger partial charge in [0, 0.05) is 5.57 Å². The Labute approximate surface area is 119 Å². The minimum absolute atomic E-state index is 0.488. The van der Waals surface area contributed by atoms with Gasteiger partial charge in [0.1, 0.15) is 11.9 Å². The van der Waals surface area contributed by atoms with Gasteiger partial charge in [-0.3, -0.25) is 4.79 Å². The van der Waals surface area contributed by atoms with Crippen molar-refractivity contribution >= 4 is 12.4 Å². The molecule has 0 aliphatic rings. The predicted molar refractivity (Wildman–Crippen MR) is 78.4 cm³/mol. The average Bonchev–Trinajstić information content (AvgIpc) is 2.38. The zero-order valence-corrected chi connectivity index (χ0v) is 12.3. The largest absolute Gasteiger partial charge is 0.444 e. The number of alkyl carbamates (subject to hydrolysis) is 1. The molecule has 1 atom stereocenters. The van der Waals surface area contributed by atoms with Crippen molar-refractivity contribution < 1.29 is 14.3 Å². The highest BCUT2D eigenvalue weighted by Crippen LogP contribution is 2.21. The molecular formula is C16H21NO3. The Morgan fingerprint density at radius 3 is 2.30 bits per heavy atom. The van der Waals surface area contributed by atoms with Gasteiger partial charge in [-0.25, -0.2) is 4.79 Å². The number of nitrogens with one attached hydrogen (secondary N) is 1. The fraction of sp³-hybridized carbons (Fsp3) is 0.375. The van der Waals surface area contributed by atoms with Gasteiger partial charge in [0.2, 0.25) is 0 Å². The van der Waals surface area contributed by atoms with Crippen molar-refractivity contribution in [3.8, 4) is 0 Å². The highest BCUT2D eigenvalue weighted by Gasteiger charge is 2.22. The summed E-state index contributed by atoms with van der Waals surface area (Å²) in [5.74, 6) is 0. The minimum atomic E-state index is -0.581. The molecule has 0 heterocycles. The van der Waals surface area contributed by atoms with E-state index >= 15 is 0 Å². The van der Waals surface area contributed by atoms with Crippen molar-refractivity contribution in [3.05, 3.63) is 47.5 Å². The van der Waals surface area contributed by atoms with E-state index in [9.17, 15) is 9.59 Å². The quantitative estimate of drug-likeness (QED) is 0.677. The molecule has 20 heavy (non-hydrogen) atoms. The molecule has 4 nitrogen and oxygen atoms in total. The molecule has 0 aliphatic heterocycles. The molecular weight excluding hydrogens is 254 g/mol. The van der Waals surface area contributed by atoms with Crippen molar-refractivity contribution in [1.82, 2.24) is 5.32 Å². The molecule has 108 valence electrons. The molecule has 1 amide bonds. The van der Waals surface area contributed by atoms with E-state index in [2.05, 4.69) is 5.32 Å². The fourth-order valence-electron chi connectivity index (χ4n) is 1.73. The van der Waals surface area contributed by atoms with Crippen molar-refractivity contribution in [2.24, 2.45) is 0 Å². The summed E-state index contributed by atoms with van der Waals surface area (Å²) in [7, 11) is 0. The van der Waals surface area contributed by atoms with Crippen LogP contribution >= 0.6 is 0 Å². The molecule has 4 heteroatoms. The second kappa shape index (κ2) is 6.89. The Hall–Kier alpha value is -2.10. The van der Waals surface area contributed by atoms with E-state index < -0.39 is 17.7 Å². The Bertz CT molecular complexity index is 486. The zero-order chi connectivity index (χ0) is 15.2. The Balaban J connectivity index is 2.96. The van der Waals surface area contributed by atoms with E-state index in [1.54, 1.807) is 33.8 Å². The van der Waals surface area contributed by atoms with Crippen LogP contribution in [0, 0.1) is 0 Å². The number of carbonyl (C=O) groups is 2. The first-order valence-electron chi connectivity index (χ1n) is 6.53. The van der Waals surface area contributed by atoms with Gasteiger partial charge in [-0.15, -0.1) is 0 Å². The molecule has 0 unspecified atom stereocenters. The van der Waals surface area contributed by atoms with Gasteiger partial charge in [-0.2, -0.15) is 0 Å². The molecule has 1 aromatic carbocycles. The van der Waals surface area contributed by atoms with Crippen molar-refractivity contribution in [3.63, 3.8) is 0 Å². The van der Waals surface area contributed by atoms with Crippen LogP contribution < -0.4 is 5.32 Å². The number of ether oxygens (including phenoxy) is 1. The highest BCUT2D eigenvalue weighted by molar-refractivity contribution is 5.78. The molecule has 0 aliphatic carbocycles. The van der Waals surface area contributed by atoms with Crippen molar-refractivity contribution in [2.75, 3.05) is 0 Å². The minimum Gasteiger partial charge on any atom is -0.444 e. The summed E-state index contributed by atoms with van der Waals surface area (Å²) in [6.45, 7) is 7.14. The Kier molecular flexibility index (Phi) is 5.50. The van der Waals surface area contributed by atoms with Crippen LogP contribution in [-0.4, -0.2) is 18.0 Å². The SMILES string of the molecule is C/C=C(/C=O)[C@H](NC(=O)OC(C)(C)C)c1ccccc1. The van der Waals surface area contributed by atoms with Gasteiger partial charge in [-0.05, 0) is 33.3 Å². The fourth-order valence-corrected chi connectivity index (χ4v) is 1.73. The predicted octanol–water partition coefficient (Wildman–Crippen LogP) is 3.40. The van der Waals surface area contributed by atoms with Crippen LogP contribution in [0.15, 0.2) is 42.0 Å². The van der Waals surface area contributed by atoms with Crippen LogP contribution in [0.2, 0.25) is 0 Å². The molecule has 1 aromatic rings. The van der Waals surface area contributed by atoms with Gasteiger partial charge in [-0.1, -0.05) is 36.4 Å². The molecule has 1 rings (SSSR count). The second-order valence-electron chi connectivity index (χ2n) is 5.40. The number of hydrogen-bond acceptors (Lipinski definition) is 3. The summed E-state index contributed by atoms with van der Waals surface area (Å²) in [6.07, 6.45) is 1.88. The molecule has 0 aromatic heterocycles. The van der Waals surface area contributed by atoms with Gasteiger partial charge < -0.3 is 10.1 Å².